The molecule has 0 radical (unpaired) electrons. The van der Waals surface area contributed by atoms with E-state index >= 15 is 0 Å². The van der Waals surface area contributed by atoms with E-state index in [2.05, 4.69) is 4.98 Å². The Morgan fingerprint density at radius 1 is 1.40 bits per heavy atom. The van der Waals surface area contributed by atoms with Gasteiger partial charge in [-0.2, -0.15) is 0 Å². The van der Waals surface area contributed by atoms with Crippen LogP contribution in [0.1, 0.15) is 21.6 Å². The summed E-state index contributed by atoms with van der Waals surface area (Å²) in [5.41, 5.74) is 1.64. The molecule has 4 nitrogen and oxygen atoms in total. The fraction of sp³-hybridized carbons (Fsp3) is 0.143. The van der Waals surface area contributed by atoms with Crippen molar-refractivity contribution in [1.29, 1.82) is 0 Å². The Bertz CT molecular complexity index is 688. The Kier molecular flexibility index (Phi) is 4.52. The van der Waals surface area contributed by atoms with Crippen LogP contribution >= 0.6 is 11.6 Å². The number of carboxylic acid groups (broad SMARTS) is 1. The third kappa shape index (κ3) is 3.23. The number of aryl methyl sites for hydroxylation is 1. The normalized spacial score (nSPS) is 12.1. The molecule has 2 aromatic rings. The van der Waals surface area contributed by atoms with E-state index in [0.717, 1.165) is 11.3 Å². The molecule has 1 aromatic carbocycles. The van der Waals surface area contributed by atoms with Crippen LogP contribution in [0.5, 0.6) is 0 Å². The van der Waals surface area contributed by atoms with Gasteiger partial charge >= 0.3 is 5.97 Å². The number of nitrogens with zero attached hydrogens (tertiary/aromatic N) is 1. The van der Waals surface area contributed by atoms with Crippen LogP contribution in [-0.4, -0.2) is 20.3 Å². The molecule has 0 amide bonds. The van der Waals surface area contributed by atoms with Crippen molar-refractivity contribution in [2.45, 2.75) is 17.6 Å². The zero-order chi connectivity index (χ0) is 14.7. The Balaban J connectivity index is 2.28. The Morgan fingerprint density at radius 2 is 2.15 bits per heavy atom. The average Bonchev–Trinajstić information content (AvgIpc) is 2.41. The maximum Gasteiger partial charge on any atom is 0.337 e. The summed E-state index contributed by atoms with van der Waals surface area (Å²) in [6.07, 6.45) is 1.64. The summed E-state index contributed by atoms with van der Waals surface area (Å²) in [6, 6.07) is 8.07. The van der Waals surface area contributed by atoms with Crippen LogP contribution < -0.4 is 0 Å². The predicted molar refractivity (Wildman–Crippen MR) is 77.5 cm³/mol. The number of aromatic nitrogens is 1. The Hall–Kier alpha value is -1.72. The van der Waals surface area contributed by atoms with Gasteiger partial charge in [0.2, 0.25) is 0 Å². The van der Waals surface area contributed by atoms with Crippen molar-refractivity contribution >= 4 is 28.4 Å². The van der Waals surface area contributed by atoms with Crippen molar-refractivity contribution in [2.75, 3.05) is 0 Å². The van der Waals surface area contributed by atoms with Gasteiger partial charge in [0, 0.05) is 11.1 Å². The highest BCUT2D eigenvalue weighted by Crippen LogP contribution is 2.21. The van der Waals surface area contributed by atoms with Gasteiger partial charge in [-0.3, -0.25) is 9.19 Å². The summed E-state index contributed by atoms with van der Waals surface area (Å²) in [6.45, 7) is 1.89. The van der Waals surface area contributed by atoms with Crippen molar-refractivity contribution in [2.24, 2.45) is 0 Å². The number of benzene rings is 1. The van der Waals surface area contributed by atoms with Crippen molar-refractivity contribution < 1.29 is 14.1 Å². The minimum Gasteiger partial charge on any atom is -0.478 e. The van der Waals surface area contributed by atoms with Gasteiger partial charge in [0.15, 0.2) is 0 Å². The van der Waals surface area contributed by atoms with Gasteiger partial charge in [-0.25, -0.2) is 4.79 Å². The van der Waals surface area contributed by atoms with E-state index in [-0.39, 0.29) is 16.3 Å². The van der Waals surface area contributed by atoms with Crippen molar-refractivity contribution in [1.82, 2.24) is 4.98 Å². The highest BCUT2D eigenvalue weighted by Gasteiger charge is 2.14. The second-order valence-corrected chi connectivity index (χ2v) is 6.06. The highest BCUT2D eigenvalue weighted by atomic mass is 35.5. The van der Waals surface area contributed by atoms with Crippen LogP contribution in [0.15, 0.2) is 41.4 Å². The third-order valence-electron chi connectivity index (χ3n) is 2.82. The van der Waals surface area contributed by atoms with E-state index in [1.165, 1.54) is 12.1 Å². The zero-order valence-electron chi connectivity index (χ0n) is 10.7. The topological polar surface area (TPSA) is 67.3 Å². The molecule has 1 heterocycles. The molecule has 104 valence electrons. The molecule has 1 unspecified atom stereocenters. The van der Waals surface area contributed by atoms with E-state index in [1.807, 2.05) is 19.1 Å². The van der Waals surface area contributed by atoms with E-state index in [0.29, 0.717) is 4.90 Å². The minimum atomic E-state index is -1.36. The first-order valence-corrected chi connectivity index (χ1v) is 7.50. The molecule has 1 atom stereocenters. The van der Waals surface area contributed by atoms with E-state index in [9.17, 15) is 9.00 Å². The van der Waals surface area contributed by atoms with E-state index in [1.54, 1.807) is 12.3 Å². The van der Waals surface area contributed by atoms with Gasteiger partial charge in [-0.1, -0.05) is 17.7 Å². The second-order valence-electron chi connectivity index (χ2n) is 4.20. The first-order chi connectivity index (χ1) is 9.49. The van der Waals surface area contributed by atoms with E-state index < -0.39 is 16.8 Å². The summed E-state index contributed by atoms with van der Waals surface area (Å²) in [4.78, 5) is 15.6. The number of pyridine rings is 1. The smallest absolute Gasteiger partial charge is 0.337 e. The number of carbonyl (C=O) groups is 1. The van der Waals surface area contributed by atoms with E-state index in [4.69, 9.17) is 16.7 Å². The number of hydrogen-bond acceptors (Lipinski definition) is 3. The van der Waals surface area contributed by atoms with Gasteiger partial charge < -0.3 is 5.11 Å². The van der Waals surface area contributed by atoms with Gasteiger partial charge in [0.1, 0.15) is 0 Å². The molecule has 0 fully saturated rings. The van der Waals surface area contributed by atoms with Crippen molar-refractivity contribution in [3.63, 3.8) is 0 Å². The molecule has 0 spiro atoms. The number of aromatic carboxylic acids is 1. The summed E-state index contributed by atoms with van der Waals surface area (Å²) < 4.78 is 12.3. The molecule has 0 saturated heterocycles. The summed E-state index contributed by atoms with van der Waals surface area (Å²) >= 11 is 5.79. The fourth-order valence-corrected chi connectivity index (χ4v) is 3.07. The summed E-state index contributed by atoms with van der Waals surface area (Å²) in [7, 11) is -1.36. The molecule has 0 aliphatic heterocycles. The molecule has 1 aromatic heterocycles. The van der Waals surface area contributed by atoms with Crippen LogP contribution in [0.3, 0.4) is 0 Å². The number of halogens is 1. The maximum atomic E-state index is 12.3. The summed E-state index contributed by atoms with van der Waals surface area (Å²) in [5, 5.41) is 9.14. The van der Waals surface area contributed by atoms with Crippen molar-refractivity contribution in [3.8, 4) is 0 Å². The van der Waals surface area contributed by atoms with Crippen molar-refractivity contribution in [3.05, 3.63) is 58.4 Å². The summed E-state index contributed by atoms with van der Waals surface area (Å²) in [5.74, 6) is -0.893. The van der Waals surface area contributed by atoms with Crippen LogP contribution in [0.25, 0.3) is 0 Å². The predicted octanol–water partition coefficient (Wildman–Crippen LogP) is 3.05. The molecule has 0 bridgehead atoms. The lowest BCUT2D eigenvalue weighted by molar-refractivity contribution is 0.0697. The molecule has 6 heteroatoms. The molecule has 0 aliphatic rings. The fourth-order valence-electron chi connectivity index (χ4n) is 1.69. The van der Waals surface area contributed by atoms with Crippen LogP contribution in [-0.2, 0) is 16.6 Å². The lowest BCUT2D eigenvalue weighted by Gasteiger charge is -2.06. The quantitative estimate of drug-likeness (QED) is 0.942. The van der Waals surface area contributed by atoms with Gasteiger partial charge in [0.25, 0.3) is 0 Å². The molecular formula is C14H12ClNO3S. The van der Waals surface area contributed by atoms with Crippen LogP contribution in [0.4, 0.5) is 0 Å². The maximum absolute atomic E-state index is 12.3. The standard InChI is InChI=1S/C14H12ClNO3S/c1-9-3-2-6-16-13(9)8-20(19)10-4-5-12(15)11(7-10)14(17)18/h2-7H,8H2,1H3,(H,17,18). The monoisotopic (exact) mass is 309 g/mol. The zero-order valence-corrected chi connectivity index (χ0v) is 12.2. The van der Waals surface area contributed by atoms with Gasteiger partial charge in [0.05, 0.1) is 32.8 Å². The van der Waals surface area contributed by atoms with Gasteiger partial charge in [-0.05, 0) is 36.8 Å². The average molecular weight is 310 g/mol. The number of hydrogen-bond donors (Lipinski definition) is 1. The molecule has 0 saturated carbocycles. The first-order valence-electron chi connectivity index (χ1n) is 5.80. The molecule has 2 rings (SSSR count). The largest absolute Gasteiger partial charge is 0.478 e. The lowest BCUT2D eigenvalue weighted by atomic mass is 10.2. The van der Waals surface area contributed by atoms with Crippen LogP contribution in [0.2, 0.25) is 5.02 Å². The second kappa shape index (κ2) is 6.15. The highest BCUT2D eigenvalue weighted by molar-refractivity contribution is 7.84. The van der Waals surface area contributed by atoms with Gasteiger partial charge in [-0.15, -0.1) is 0 Å². The Labute approximate surface area is 123 Å². The third-order valence-corrected chi connectivity index (χ3v) is 4.46. The lowest BCUT2D eigenvalue weighted by Crippen LogP contribution is -2.03. The first kappa shape index (κ1) is 14.7. The molecule has 0 aliphatic carbocycles. The number of rotatable bonds is 4. The molecule has 1 N–H and O–H groups in total. The molecule has 20 heavy (non-hydrogen) atoms. The Morgan fingerprint density at radius 3 is 2.80 bits per heavy atom. The van der Waals surface area contributed by atoms with Crippen LogP contribution in [0, 0.1) is 6.92 Å². The molecular weight excluding hydrogens is 298 g/mol. The minimum absolute atomic E-state index is 0.0461. The SMILES string of the molecule is Cc1cccnc1CS(=O)c1ccc(Cl)c(C(=O)O)c1. The number of carboxylic acids is 1.